The van der Waals surface area contributed by atoms with Crippen LogP contribution in [0.2, 0.25) is 0 Å². The minimum absolute atomic E-state index is 0.0222. The summed E-state index contributed by atoms with van der Waals surface area (Å²) in [5.41, 5.74) is 26.5. The highest BCUT2D eigenvalue weighted by Crippen LogP contribution is 2.63. The van der Waals surface area contributed by atoms with E-state index in [9.17, 15) is 0 Å². The molecule has 3 nitrogen and oxygen atoms in total. The van der Waals surface area contributed by atoms with Crippen LogP contribution < -0.4 is 31.1 Å². The minimum atomic E-state index is -0.280. The number of benzene rings is 7. The van der Waals surface area contributed by atoms with E-state index in [1.54, 1.807) is 0 Å². The van der Waals surface area contributed by atoms with Crippen molar-refractivity contribution in [2.75, 3.05) is 14.7 Å². The van der Waals surface area contributed by atoms with Crippen LogP contribution in [0.25, 0.3) is 11.1 Å². The third kappa shape index (κ3) is 6.97. The molecule has 2 unspecified atom stereocenters. The average Bonchev–Trinajstić information content (AvgIpc) is 3.54. The standard InChI is InChI=1S/C69H78BN3/c1-63(2,3)45-26-31-50(32-27-45)72-57-40-48(66(10,11)12)38-54-61(57)70-60-53(67(54,13)14)37-47(65(7,8)9)39-56(60)71(49-29-24-44(25-30-49)43-22-18-17-19-23-43)58-41-51(42-59(72)62(58)70)73-55-33-28-46(64(4,5)6)36-52(55)68(15)34-20-21-35-69(68,73)16/h17-19,22-33,36-42H,20-21,34-35H2,1-16H3. The zero-order chi connectivity index (χ0) is 51.7. The van der Waals surface area contributed by atoms with Crippen LogP contribution in [0, 0.1) is 0 Å². The first-order chi connectivity index (χ1) is 34.2. The molecule has 2 atom stereocenters. The number of nitrogens with zero attached hydrogens (tertiary/aromatic N) is 3. The molecule has 4 aliphatic heterocycles. The zero-order valence-corrected chi connectivity index (χ0v) is 46.9. The molecule has 1 fully saturated rings. The molecule has 73 heavy (non-hydrogen) atoms. The van der Waals surface area contributed by atoms with E-state index >= 15 is 0 Å². The number of hydrogen-bond donors (Lipinski definition) is 0. The quantitative estimate of drug-likeness (QED) is 0.163. The monoisotopic (exact) mass is 960 g/mol. The van der Waals surface area contributed by atoms with Gasteiger partial charge in [-0.25, -0.2) is 0 Å². The summed E-state index contributed by atoms with van der Waals surface area (Å²) in [5, 5.41) is 0. The second-order valence-electron chi connectivity index (χ2n) is 27.9. The maximum atomic E-state index is 2.84. The van der Waals surface area contributed by atoms with Gasteiger partial charge < -0.3 is 14.7 Å². The average molecular weight is 960 g/mol. The lowest BCUT2D eigenvalue weighted by molar-refractivity contribution is 0.195. The largest absolute Gasteiger partial charge is 0.334 e. The van der Waals surface area contributed by atoms with E-state index in [0.29, 0.717) is 0 Å². The highest BCUT2D eigenvalue weighted by molar-refractivity contribution is 7.01. The zero-order valence-electron chi connectivity index (χ0n) is 46.9. The Hall–Kier alpha value is -6.00. The predicted molar refractivity (Wildman–Crippen MR) is 316 cm³/mol. The first-order valence-electron chi connectivity index (χ1n) is 27.6. The first kappa shape index (κ1) is 48.0. The van der Waals surface area contributed by atoms with Crippen molar-refractivity contribution >= 4 is 68.6 Å². The maximum absolute atomic E-state index is 2.84. The van der Waals surface area contributed by atoms with E-state index in [1.165, 1.54) is 131 Å². The van der Waals surface area contributed by atoms with Crippen molar-refractivity contribution in [2.45, 2.75) is 174 Å². The van der Waals surface area contributed by atoms with Gasteiger partial charge >= 0.3 is 0 Å². The number of anilines is 8. The van der Waals surface area contributed by atoms with Crippen molar-refractivity contribution in [2.24, 2.45) is 0 Å². The summed E-state index contributed by atoms with van der Waals surface area (Å²) in [7, 11) is 0. The molecule has 372 valence electrons. The summed E-state index contributed by atoms with van der Waals surface area (Å²) < 4.78 is 0. The van der Waals surface area contributed by atoms with Gasteiger partial charge in [0.05, 0.1) is 5.54 Å². The van der Waals surface area contributed by atoms with Gasteiger partial charge in [-0.1, -0.05) is 196 Å². The van der Waals surface area contributed by atoms with Gasteiger partial charge in [0, 0.05) is 56.3 Å². The van der Waals surface area contributed by atoms with E-state index in [0.717, 1.165) is 6.42 Å². The van der Waals surface area contributed by atoms with Gasteiger partial charge in [0.1, 0.15) is 0 Å². The van der Waals surface area contributed by atoms with E-state index in [-0.39, 0.29) is 44.7 Å². The van der Waals surface area contributed by atoms with Gasteiger partial charge in [-0.3, -0.25) is 0 Å². The van der Waals surface area contributed by atoms with Crippen molar-refractivity contribution in [1.29, 1.82) is 0 Å². The van der Waals surface area contributed by atoms with Crippen LogP contribution >= 0.6 is 0 Å². The lowest BCUT2D eigenvalue weighted by Gasteiger charge is -2.53. The molecule has 12 rings (SSSR count). The molecule has 7 aromatic rings. The molecule has 1 aliphatic carbocycles. The van der Waals surface area contributed by atoms with Crippen LogP contribution in [0.4, 0.5) is 45.5 Å². The van der Waals surface area contributed by atoms with Crippen molar-refractivity contribution in [3.63, 3.8) is 0 Å². The fourth-order valence-corrected chi connectivity index (χ4v) is 14.1. The summed E-state index contributed by atoms with van der Waals surface area (Å²) in [6.45, 7) is 38.8. The van der Waals surface area contributed by atoms with Crippen LogP contribution in [0.15, 0.2) is 133 Å². The maximum Gasteiger partial charge on any atom is 0.252 e. The molecule has 7 aromatic carbocycles. The van der Waals surface area contributed by atoms with E-state index in [1.807, 2.05) is 0 Å². The Morgan fingerprint density at radius 1 is 0.384 bits per heavy atom. The summed E-state index contributed by atoms with van der Waals surface area (Å²) in [6.07, 6.45) is 4.79. The smallest absolute Gasteiger partial charge is 0.252 e. The van der Waals surface area contributed by atoms with Gasteiger partial charge in [-0.2, -0.15) is 0 Å². The molecule has 0 bridgehead atoms. The molecule has 1 saturated carbocycles. The molecular weight excluding hydrogens is 882 g/mol. The molecule has 4 heteroatoms. The van der Waals surface area contributed by atoms with Crippen molar-refractivity contribution in [1.82, 2.24) is 0 Å². The van der Waals surface area contributed by atoms with Crippen LogP contribution in [-0.2, 0) is 32.5 Å². The molecule has 0 N–H and O–H groups in total. The Morgan fingerprint density at radius 2 is 0.822 bits per heavy atom. The molecule has 0 spiro atoms. The van der Waals surface area contributed by atoms with Crippen LogP contribution in [0.1, 0.15) is 175 Å². The molecule has 5 aliphatic rings. The third-order valence-corrected chi connectivity index (χ3v) is 18.8. The van der Waals surface area contributed by atoms with Gasteiger partial charge in [0.25, 0.3) is 6.71 Å². The summed E-state index contributed by atoms with van der Waals surface area (Å²) in [6, 6.07) is 53.2. The Labute approximate surface area is 439 Å². The van der Waals surface area contributed by atoms with Gasteiger partial charge in [-0.05, 0) is 162 Å². The van der Waals surface area contributed by atoms with Gasteiger partial charge in [0.2, 0.25) is 0 Å². The Bertz CT molecular complexity index is 3390. The molecule has 0 aromatic heterocycles. The van der Waals surface area contributed by atoms with E-state index < -0.39 is 0 Å². The Balaban J connectivity index is 1.23. The van der Waals surface area contributed by atoms with E-state index in [4.69, 9.17) is 0 Å². The lowest BCUT2D eigenvalue weighted by atomic mass is 9.28. The van der Waals surface area contributed by atoms with Crippen molar-refractivity contribution < 1.29 is 0 Å². The molecule has 0 radical (unpaired) electrons. The highest BCUT2D eigenvalue weighted by Gasteiger charge is 2.59. The molecule has 4 heterocycles. The molecule has 0 saturated heterocycles. The lowest BCUT2D eigenvalue weighted by Crippen LogP contribution is -2.67. The summed E-state index contributed by atoms with van der Waals surface area (Å²) in [5.74, 6) is 0. The van der Waals surface area contributed by atoms with Crippen LogP contribution in [-0.4, -0.2) is 12.3 Å². The minimum Gasteiger partial charge on any atom is -0.334 e. The van der Waals surface area contributed by atoms with Crippen molar-refractivity contribution in [3.8, 4) is 11.1 Å². The molecular formula is C69H78BN3. The number of rotatable bonds is 4. The Morgan fingerprint density at radius 3 is 1.33 bits per heavy atom. The third-order valence-electron chi connectivity index (χ3n) is 18.8. The fourth-order valence-electron chi connectivity index (χ4n) is 14.1. The molecule has 0 amide bonds. The van der Waals surface area contributed by atoms with Gasteiger partial charge in [0.15, 0.2) is 0 Å². The number of fused-ring (bicyclic) bond motifs is 3. The highest BCUT2D eigenvalue weighted by atomic mass is 15.3. The van der Waals surface area contributed by atoms with Crippen LogP contribution in [0.5, 0.6) is 0 Å². The topological polar surface area (TPSA) is 9.72 Å². The van der Waals surface area contributed by atoms with Crippen molar-refractivity contribution in [3.05, 3.63) is 172 Å². The van der Waals surface area contributed by atoms with Crippen LogP contribution in [0.3, 0.4) is 0 Å². The predicted octanol–water partition coefficient (Wildman–Crippen LogP) is 17.0. The second-order valence-corrected chi connectivity index (χ2v) is 27.9. The second kappa shape index (κ2) is 15.5. The summed E-state index contributed by atoms with van der Waals surface area (Å²) >= 11 is 0. The van der Waals surface area contributed by atoms with E-state index in [2.05, 4.69) is 259 Å². The summed E-state index contributed by atoms with van der Waals surface area (Å²) in [4.78, 5) is 8.24. The normalized spacial score (nSPS) is 20.5. The first-order valence-corrected chi connectivity index (χ1v) is 27.6. The number of hydrogen-bond acceptors (Lipinski definition) is 3. The Kier molecular flexibility index (Phi) is 10.2. The van der Waals surface area contributed by atoms with Gasteiger partial charge in [-0.15, -0.1) is 0 Å². The SMILES string of the molecule is CC(C)(C)c1ccc(N2c3cc(N4c5ccc(C(C)(C)C)cc5C5(C)CCCCC45C)cc4c3B3c5c(cc(C(C)(C)C)cc5C(C)(C)c5cc(C(C)(C)C)cc2c53)N4c2ccc(-c3ccccc3)cc2)cc1. The fraction of sp³-hybridized carbons (Fsp3) is 0.391.